The predicted molar refractivity (Wildman–Crippen MR) is 73.1 cm³/mol. The van der Waals surface area contributed by atoms with Crippen LogP contribution in [-0.2, 0) is 6.42 Å². The van der Waals surface area contributed by atoms with Crippen molar-refractivity contribution in [3.63, 3.8) is 0 Å². The number of phenolic OH excluding ortho intramolecular Hbond substituents is 1. The summed E-state index contributed by atoms with van der Waals surface area (Å²) in [7, 11) is 0. The van der Waals surface area contributed by atoms with Gasteiger partial charge in [0.15, 0.2) is 0 Å². The average Bonchev–Trinajstić information content (AvgIpc) is 2.85. The number of rotatable bonds is 4. The van der Waals surface area contributed by atoms with Gasteiger partial charge in [0.2, 0.25) is 0 Å². The van der Waals surface area contributed by atoms with Crippen LogP contribution in [0.25, 0.3) is 0 Å². The first-order valence-corrected chi connectivity index (χ1v) is 6.65. The van der Waals surface area contributed by atoms with Gasteiger partial charge < -0.3 is 10.4 Å². The fourth-order valence-electron chi connectivity index (χ4n) is 1.74. The smallest absolute Gasteiger partial charge is 0.261 e. The minimum Gasteiger partial charge on any atom is -0.508 e. The summed E-state index contributed by atoms with van der Waals surface area (Å²) in [5.74, 6) is 0.227. The number of carbonyl (C=O) groups is 1. The molecule has 0 aliphatic carbocycles. The molecule has 0 saturated heterocycles. The van der Waals surface area contributed by atoms with Crippen LogP contribution in [0.15, 0.2) is 41.8 Å². The zero-order valence-electron chi connectivity index (χ0n) is 10.1. The fraction of sp³-hybridized carbons (Fsp3) is 0.214. The molecule has 2 aromatic rings. The molecule has 1 aromatic heterocycles. The van der Waals surface area contributed by atoms with Gasteiger partial charge in [0.05, 0.1) is 4.88 Å². The summed E-state index contributed by atoms with van der Waals surface area (Å²) in [5, 5.41) is 14.0. The van der Waals surface area contributed by atoms with Crippen LogP contribution >= 0.6 is 11.3 Å². The Morgan fingerprint density at radius 2 is 2.06 bits per heavy atom. The Labute approximate surface area is 110 Å². The van der Waals surface area contributed by atoms with Gasteiger partial charge in [-0.2, -0.15) is 0 Å². The summed E-state index contributed by atoms with van der Waals surface area (Å²) in [6, 6.07) is 10.8. The lowest BCUT2D eigenvalue weighted by molar-refractivity contribution is 0.0944. The molecule has 1 atom stereocenters. The predicted octanol–water partition coefficient (Wildman–Crippen LogP) is 2.81. The van der Waals surface area contributed by atoms with Crippen LogP contribution in [-0.4, -0.2) is 17.1 Å². The highest BCUT2D eigenvalue weighted by Gasteiger charge is 2.10. The first-order valence-electron chi connectivity index (χ1n) is 5.77. The van der Waals surface area contributed by atoms with Crippen molar-refractivity contribution in [1.29, 1.82) is 0 Å². The second-order valence-electron chi connectivity index (χ2n) is 4.22. The SMILES string of the molecule is CC(Cc1ccc(O)cc1)NC(=O)c1cccs1. The molecule has 0 fully saturated rings. The summed E-state index contributed by atoms with van der Waals surface area (Å²) in [6.45, 7) is 1.97. The van der Waals surface area contributed by atoms with Crippen molar-refractivity contribution in [2.45, 2.75) is 19.4 Å². The van der Waals surface area contributed by atoms with Crippen LogP contribution in [0.1, 0.15) is 22.2 Å². The second kappa shape index (κ2) is 5.69. The van der Waals surface area contributed by atoms with E-state index < -0.39 is 0 Å². The molecule has 1 heterocycles. The Hall–Kier alpha value is -1.81. The second-order valence-corrected chi connectivity index (χ2v) is 5.17. The van der Waals surface area contributed by atoms with Crippen LogP contribution in [0.4, 0.5) is 0 Å². The van der Waals surface area contributed by atoms with E-state index in [1.165, 1.54) is 11.3 Å². The number of hydrogen-bond donors (Lipinski definition) is 2. The zero-order chi connectivity index (χ0) is 13.0. The summed E-state index contributed by atoms with van der Waals surface area (Å²) in [6.07, 6.45) is 0.747. The van der Waals surface area contributed by atoms with Gasteiger partial charge in [0.25, 0.3) is 5.91 Å². The minimum absolute atomic E-state index is 0.0312. The third-order valence-electron chi connectivity index (χ3n) is 2.60. The lowest BCUT2D eigenvalue weighted by Gasteiger charge is -2.13. The number of nitrogens with one attached hydrogen (secondary N) is 1. The summed E-state index contributed by atoms with van der Waals surface area (Å²) in [4.78, 5) is 12.5. The third-order valence-corrected chi connectivity index (χ3v) is 3.47. The van der Waals surface area contributed by atoms with Gasteiger partial charge in [-0.15, -0.1) is 11.3 Å². The van der Waals surface area contributed by atoms with E-state index in [4.69, 9.17) is 0 Å². The Balaban J connectivity index is 1.90. The molecule has 2 N–H and O–H groups in total. The number of aromatic hydroxyl groups is 1. The maximum absolute atomic E-state index is 11.8. The molecule has 0 aliphatic heterocycles. The number of phenols is 1. The largest absolute Gasteiger partial charge is 0.508 e. The maximum atomic E-state index is 11.8. The van der Waals surface area contributed by atoms with Gasteiger partial charge in [0, 0.05) is 6.04 Å². The first-order chi connectivity index (χ1) is 8.65. The van der Waals surface area contributed by atoms with Gasteiger partial charge in [-0.05, 0) is 42.5 Å². The van der Waals surface area contributed by atoms with Gasteiger partial charge >= 0.3 is 0 Å². The van der Waals surface area contributed by atoms with Crippen LogP contribution in [0.2, 0.25) is 0 Å². The third kappa shape index (κ3) is 3.34. The molecule has 0 bridgehead atoms. The molecular weight excluding hydrogens is 246 g/mol. The lowest BCUT2D eigenvalue weighted by Crippen LogP contribution is -2.33. The molecule has 1 unspecified atom stereocenters. The van der Waals surface area contributed by atoms with Crippen molar-refractivity contribution < 1.29 is 9.90 Å². The standard InChI is InChI=1S/C14H15NO2S/c1-10(9-11-4-6-12(16)7-5-11)15-14(17)13-3-2-8-18-13/h2-8,10,16H,9H2,1H3,(H,15,17). The Morgan fingerprint density at radius 3 is 2.67 bits per heavy atom. The van der Waals surface area contributed by atoms with E-state index in [-0.39, 0.29) is 17.7 Å². The molecule has 0 saturated carbocycles. The van der Waals surface area contributed by atoms with Gasteiger partial charge in [-0.1, -0.05) is 18.2 Å². The number of amides is 1. The van der Waals surface area contributed by atoms with E-state index in [2.05, 4.69) is 5.32 Å². The van der Waals surface area contributed by atoms with E-state index in [1.54, 1.807) is 12.1 Å². The maximum Gasteiger partial charge on any atom is 0.261 e. The van der Waals surface area contributed by atoms with Crippen LogP contribution < -0.4 is 5.32 Å². The Kier molecular flexibility index (Phi) is 3.99. The fourth-order valence-corrected chi connectivity index (χ4v) is 2.37. The van der Waals surface area contributed by atoms with E-state index in [1.807, 2.05) is 36.6 Å². The molecule has 3 nitrogen and oxygen atoms in total. The van der Waals surface area contributed by atoms with Crippen LogP contribution in [0, 0.1) is 0 Å². The molecule has 0 spiro atoms. The van der Waals surface area contributed by atoms with Gasteiger partial charge in [-0.25, -0.2) is 0 Å². The molecule has 1 aromatic carbocycles. The number of benzene rings is 1. The Morgan fingerprint density at radius 1 is 1.33 bits per heavy atom. The molecule has 0 aliphatic rings. The zero-order valence-corrected chi connectivity index (χ0v) is 10.9. The lowest BCUT2D eigenvalue weighted by atomic mass is 10.1. The molecular formula is C14H15NO2S. The van der Waals surface area contributed by atoms with Gasteiger partial charge in [-0.3, -0.25) is 4.79 Å². The van der Waals surface area contributed by atoms with E-state index in [9.17, 15) is 9.90 Å². The highest BCUT2D eigenvalue weighted by atomic mass is 32.1. The molecule has 94 valence electrons. The summed E-state index contributed by atoms with van der Waals surface area (Å²) >= 11 is 1.44. The number of thiophene rings is 1. The van der Waals surface area contributed by atoms with Crippen LogP contribution in [0.5, 0.6) is 5.75 Å². The van der Waals surface area contributed by atoms with E-state index in [0.29, 0.717) is 0 Å². The monoisotopic (exact) mass is 261 g/mol. The van der Waals surface area contributed by atoms with Crippen molar-refractivity contribution in [3.8, 4) is 5.75 Å². The number of carbonyl (C=O) groups excluding carboxylic acids is 1. The first kappa shape index (κ1) is 12.6. The van der Waals surface area contributed by atoms with Crippen molar-refractivity contribution in [3.05, 3.63) is 52.2 Å². The highest BCUT2D eigenvalue weighted by Crippen LogP contribution is 2.12. The molecule has 4 heteroatoms. The van der Waals surface area contributed by atoms with E-state index in [0.717, 1.165) is 16.9 Å². The van der Waals surface area contributed by atoms with Crippen molar-refractivity contribution in [2.75, 3.05) is 0 Å². The molecule has 2 rings (SSSR count). The minimum atomic E-state index is -0.0312. The Bertz CT molecular complexity index is 505. The quantitative estimate of drug-likeness (QED) is 0.889. The van der Waals surface area contributed by atoms with E-state index >= 15 is 0 Å². The van der Waals surface area contributed by atoms with Crippen molar-refractivity contribution >= 4 is 17.2 Å². The van der Waals surface area contributed by atoms with Crippen molar-refractivity contribution in [2.24, 2.45) is 0 Å². The van der Waals surface area contributed by atoms with Crippen LogP contribution in [0.3, 0.4) is 0 Å². The van der Waals surface area contributed by atoms with Crippen molar-refractivity contribution in [1.82, 2.24) is 5.32 Å². The normalized spacial score (nSPS) is 12.1. The molecule has 1 amide bonds. The topological polar surface area (TPSA) is 49.3 Å². The summed E-state index contributed by atoms with van der Waals surface area (Å²) in [5.41, 5.74) is 1.09. The highest BCUT2D eigenvalue weighted by molar-refractivity contribution is 7.12. The number of hydrogen-bond acceptors (Lipinski definition) is 3. The summed E-state index contributed by atoms with van der Waals surface area (Å²) < 4.78 is 0. The average molecular weight is 261 g/mol. The molecule has 18 heavy (non-hydrogen) atoms. The van der Waals surface area contributed by atoms with Gasteiger partial charge in [0.1, 0.15) is 5.75 Å². The molecule has 0 radical (unpaired) electrons.